The molecule has 0 bridgehead atoms. The second-order valence-corrected chi connectivity index (χ2v) is 3.81. The van der Waals surface area contributed by atoms with Crippen molar-refractivity contribution in [2.45, 2.75) is 0 Å². The van der Waals surface area contributed by atoms with Crippen LogP contribution in [0.4, 0.5) is 0 Å². The van der Waals surface area contributed by atoms with Gasteiger partial charge in [0.05, 0.1) is 9.21 Å². The molecule has 0 saturated carbocycles. The van der Waals surface area contributed by atoms with Gasteiger partial charge in [-0.25, -0.2) is 0 Å². The summed E-state index contributed by atoms with van der Waals surface area (Å²) in [5.74, 6) is 0. The fraction of sp³-hybridized carbons (Fsp3) is 0. The third-order valence-corrected chi connectivity index (χ3v) is 2.69. The van der Waals surface area contributed by atoms with Crippen LogP contribution in [-0.4, -0.2) is 4.69 Å². The minimum atomic E-state index is -0.112. The highest BCUT2D eigenvalue weighted by Gasteiger charge is 2.02. The van der Waals surface area contributed by atoms with E-state index in [1.54, 1.807) is 12.1 Å². The van der Waals surface area contributed by atoms with E-state index in [0.29, 0.717) is 9.21 Å². The molecule has 1 rings (SSSR count). The smallest absolute Gasteiger partial charge is 0.237 e. The monoisotopic (exact) mass is 224 g/mol. The lowest BCUT2D eigenvalue weighted by Gasteiger charge is -1.78. The predicted octanol–water partition coefficient (Wildman–Crippen LogP) is 2.94. The Balaban J connectivity index is 2.98. The lowest BCUT2D eigenvalue weighted by atomic mass is 10.5. The molecule has 0 radical (unpaired) electrons. The van der Waals surface area contributed by atoms with Gasteiger partial charge in [-0.1, -0.05) is 11.6 Å². The van der Waals surface area contributed by atoms with Crippen molar-refractivity contribution in [3.8, 4) is 0 Å². The summed E-state index contributed by atoms with van der Waals surface area (Å²) in [5.41, 5.74) is 0. The van der Waals surface area contributed by atoms with Gasteiger partial charge in [0.15, 0.2) is 0 Å². The van der Waals surface area contributed by atoms with Gasteiger partial charge in [0.25, 0.3) is 0 Å². The van der Waals surface area contributed by atoms with E-state index in [4.69, 9.17) is 11.6 Å². The summed E-state index contributed by atoms with van der Waals surface area (Å²) in [6, 6.07) is 3.38. The predicted molar refractivity (Wildman–Crippen MR) is 42.6 cm³/mol. The highest BCUT2D eigenvalue weighted by Crippen LogP contribution is 2.22. The molecule has 0 aliphatic heterocycles. The van der Waals surface area contributed by atoms with Gasteiger partial charge in [-0.3, -0.25) is 4.79 Å². The maximum absolute atomic E-state index is 10.5. The molecule has 1 heterocycles. The Morgan fingerprint density at radius 1 is 1.67 bits per heavy atom. The van der Waals surface area contributed by atoms with Gasteiger partial charge >= 0.3 is 0 Å². The number of halogens is 2. The van der Waals surface area contributed by atoms with E-state index >= 15 is 0 Å². The molecule has 0 aromatic carbocycles. The number of carbonyl (C=O) groups is 1. The van der Waals surface area contributed by atoms with Crippen molar-refractivity contribution >= 4 is 43.6 Å². The Labute approximate surface area is 69.8 Å². The van der Waals surface area contributed by atoms with Crippen LogP contribution in [0.15, 0.2) is 12.1 Å². The van der Waals surface area contributed by atoms with Crippen molar-refractivity contribution in [3.63, 3.8) is 0 Å². The van der Waals surface area contributed by atoms with Crippen LogP contribution in [0.2, 0.25) is 4.34 Å². The first-order valence-corrected chi connectivity index (χ1v) is 4.14. The third kappa shape index (κ3) is 1.78. The molecule has 48 valence electrons. The average Bonchev–Trinajstić information content (AvgIpc) is 2.14. The highest BCUT2D eigenvalue weighted by atomic mass is 79.9. The number of hydrogen-bond donors (Lipinski definition) is 0. The molecular formula is C5H2BrClOS. The quantitative estimate of drug-likeness (QED) is 0.672. The number of thiophene rings is 1. The van der Waals surface area contributed by atoms with Crippen molar-refractivity contribution in [3.05, 3.63) is 21.3 Å². The molecule has 0 aliphatic rings. The van der Waals surface area contributed by atoms with Gasteiger partial charge < -0.3 is 0 Å². The second kappa shape index (κ2) is 2.82. The van der Waals surface area contributed by atoms with Gasteiger partial charge in [0.1, 0.15) is 0 Å². The maximum Gasteiger partial charge on any atom is 0.237 e. The lowest BCUT2D eigenvalue weighted by Crippen LogP contribution is -1.77. The van der Waals surface area contributed by atoms with E-state index in [2.05, 4.69) is 15.9 Å². The molecule has 0 fully saturated rings. The standard InChI is InChI=1S/C5H2BrClOS/c6-5(8)3-1-2-4(7)9-3/h1-2H. The molecule has 0 unspecified atom stereocenters. The van der Waals surface area contributed by atoms with Crippen LogP contribution in [0.5, 0.6) is 0 Å². The number of rotatable bonds is 1. The molecule has 0 atom stereocenters. The van der Waals surface area contributed by atoms with E-state index < -0.39 is 0 Å². The molecule has 9 heavy (non-hydrogen) atoms. The molecule has 0 amide bonds. The number of hydrogen-bond acceptors (Lipinski definition) is 2. The van der Waals surface area contributed by atoms with Crippen LogP contribution < -0.4 is 0 Å². The second-order valence-electron chi connectivity index (χ2n) is 1.38. The zero-order chi connectivity index (χ0) is 6.85. The van der Waals surface area contributed by atoms with Crippen molar-refractivity contribution in [1.29, 1.82) is 0 Å². The average molecular weight is 225 g/mol. The molecule has 1 aromatic rings. The summed E-state index contributed by atoms with van der Waals surface area (Å²) >= 11 is 9.62. The fourth-order valence-electron chi connectivity index (χ4n) is 0.420. The number of carbonyl (C=O) groups excluding carboxylic acids is 1. The van der Waals surface area contributed by atoms with E-state index in [1.807, 2.05) is 0 Å². The van der Waals surface area contributed by atoms with Gasteiger partial charge in [-0.05, 0) is 28.1 Å². The van der Waals surface area contributed by atoms with Gasteiger partial charge in [-0.2, -0.15) is 0 Å². The third-order valence-electron chi connectivity index (χ3n) is 0.767. The van der Waals surface area contributed by atoms with Crippen molar-refractivity contribution in [2.75, 3.05) is 0 Å². The van der Waals surface area contributed by atoms with Crippen LogP contribution in [0.3, 0.4) is 0 Å². The molecule has 0 saturated heterocycles. The van der Waals surface area contributed by atoms with Crippen LogP contribution in [-0.2, 0) is 0 Å². The van der Waals surface area contributed by atoms with Crippen molar-refractivity contribution < 1.29 is 4.79 Å². The Morgan fingerprint density at radius 3 is 2.56 bits per heavy atom. The van der Waals surface area contributed by atoms with Gasteiger partial charge in [-0.15, -0.1) is 11.3 Å². The van der Waals surface area contributed by atoms with E-state index in [1.165, 1.54) is 11.3 Å². The maximum atomic E-state index is 10.5. The first-order chi connectivity index (χ1) is 4.20. The van der Waals surface area contributed by atoms with Crippen LogP contribution >= 0.6 is 38.9 Å². The topological polar surface area (TPSA) is 17.1 Å². The molecule has 0 N–H and O–H groups in total. The van der Waals surface area contributed by atoms with E-state index in [9.17, 15) is 4.79 Å². The molecule has 0 aliphatic carbocycles. The molecule has 1 aromatic heterocycles. The normalized spacial score (nSPS) is 9.56. The fourth-order valence-corrected chi connectivity index (χ4v) is 1.67. The summed E-state index contributed by atoms with van der Waals surface area (Å²) < 4.78 is 0.525. The minimum absolute atomic E-state index is 0.112. The summed E-state index contributed by atoms with van der Waals surface area (Å²) in [5, 5.41) is 0. The summed E-state index contributed by atoms with van der Waals surface area (Å²) in [7, 11) is 0. The first kappa shape index (κ1) is 7.25. The zero-order valence-electron chi connectivity index (χ0n) is 4.23. The van der Waals surface area contributed by atoms with Crippen LogP contribution in [0.25, 0.3) is 0 Å². The van der Waals surface area contributed by atoms with E-state index in [-0.39, 0.29) is 4.69 Å². The Hall–Kier alpha value is 0.140. The summed E-state index contributed by atoms with van der Waals surface area (Å²) in [6.07, 6.45) is 0. The molecular weight excluding hydrogens is 223 g/mol. The molecule has 1 nitrogen and oxygen atoms in total. The largest absolute Gasteiger partial charge is 0.280 e. The minimum Gasteiger partial charge on any atom is -0.280 e. The van der Waals surface area contributed by atoms with Crippen LogP contribution in [0.1, 0.15) is 9.67 Å². The van der Waals surface area contributed by atoms with E-state index in [0.717, 1.165) is 0 Å². The highest BCUT2D eigenvalue weighted by molar-refractivity contribution is 9.18. The Bertz CT molecular complexity index is 233. The molecule has 4 heteroatoms. The van der Waals surface area contributed by atoms with Gasteiger partial charge in [0, 0.05) is 0 Å². The summed E-state index contributed by atoms with van der Waals surface area (Å²) in [4.78, 5) is 11.2. The zero-order valence-corrected chi connectivity index (χ0v) is 7.39. The van der Waals surface area contributed by atoms with Crippen molar-refractivity contribution in [2.24, 2.45) is 0 Å². The van der Waals surface area contributed by atoms with Gasteiger partial charge in [0.2, 0.25) is 4.69 Å². The summed E-state index contributed by atoms with van der Waals surface area (Å²) in [6.45, 7) is 0. The van der Waals surface area contributed by atoms with Crippen LogP contribution in [0, 0.1) is 0 Å². The SMILES string of the molecule is O=C(Br)c1ccc(Cl)s1. The molecule has 0 spiro atoms. The Morgan fingerprint density at radius 2 is 2.33 bits per heavy atom. The van der Waals surface area contributed by atoms with Crippen molar-refractivity contribution in [1.82, 2.24) is 0 Å². The lowest BCUT2D eigenvalue weighted by molar-refractivity contribution is 0.109. The first-order valence-electron chi connectivity index (χ1n) is 2.15. The Kier molecular flexibility index (Phi) is 2.27.